The normalized spacial score (nSPS) is 13.6. The third kappa shape index (κ3) is 7.98. The van der Waals surface area contributed by atoms with Crippen molar-refractivity contribution in [3.63, 3.8) is 0 Å². The Morgan fingerprint density at radius 1 is 0.225 bits per heavy atom. The molecule has 6 aliphatic rings. The first-order valence-corrected chi connectivity index (χ1v) is 35.2. The first-order chi connectivity index (χ1) is 50.6. The average Bonchev–Trinajstić information content (AvgIpc) is 0.672. The molecular weight excluding hydrogens is 1240 g/mol. The highest BCUT2D eigenvalue weighted by Crippen LogP contribution is 2.53. The molecule has 0 fully saturated rings. The largest absolute Gasteiger partial charge is 0.312 e. The number of fused-ring (bicyclic) bond motifs is 16. The Morgan fingerprint density at radius 3 is 0.902 bits per heavy atom. The second kappa shape index (κ2) is 21.9. The lowest BCUT2D eigenvalue weighted by atomic mass is 9.28. The molecule has 0 saturated carbocycles. The van der Waals surface area contributed by atoms with E-state index in [0.29, 0.717) is 10.8 Å². The van der Waals surface area contributed by atoms with Crippen LogP contribution < -0.4 is 84.0 Å². The maximum absolute atomic E-state index is 17.2. The molecule has 11 heteroatoms. The molecule has 0 bridgehead atoms. The van der Waals surface area contributed by atoms with Crippen LogP contribution in [0.3, 0.4) is 0 Å². The summed E-state index contributed by atoms with van der Waals surface area (Å²) in [5, 5.41) is 1.31. The number of rotatable bonds is 8. The van der Waals surface area contributed by atoms with Crippen LogP contribution in [-0.2, 0) is 0 Å². The van der Waals surface area contributed by atoms with Crippen molar-refractivity contribution in [2.45, 2.75) is 0 Å². The molecule has 8 nitrogen and oxygen atoms in total. The van der Waals surface area contributed by atoms with Gasteiger partial charge in [-0.3, -0.25) is 4.79 Å². The minimum Gasteiger partial charge on any atom is -0.312 e. The first kappa shape index (κ1) is 56.7. The zero-order chi connectivity index (χ0) is 66.8. The van der Waals surface area contributed by atoms with E-state index >= 15 is 4.79 Å². The predicted molar refractivity (Wildman–Crippen MR) is 429 cm³/mol. The number of hydrogen-bond acceptors (Lipinski definition) is 7. The lowest BCUT2D eigenvalue weighted by molar-refractivity contribution is 1.15. The number of aromatic nitrogens is 1. The number of pyridine rings is 1. The van der Waals surface area contributed by atoms with Crippen LogP contribution in [0.1, 0.15) is 0 Å². The summed E-state index contributed by atoms with van der Waals surface area (Å²) in [6.45, 7) is -0.619. The molecule has 0 aliphatic carbocycles. The van der Waals surface area contributed by atoms with E-state index in [9.17, 15) is 0 Å². The van der Waals surface area contributed by atoms with Gasteiger partial charge in [-0.15, -0.1) is 0 Å². The molecule has 15 aromatic carbocycles. The van der Waals surface area contributed by atoms with Crippen LogP contribution in [-0.4, -0.2) is 24.7 Å². The summed E-state index contributed by atoms with van der Waals surface area (Å²) < 4.78 is 2.38. The Kier molecular flexibility index (Phi) is 12.2. The number of nitrogens with zero attached hydrogens (tertiary/aromatic N) is 7. The summed E-state index contributed by atoms with van der Waals surface area (Å²) in [6.07, 6.45) is 0. The summed E-state index contributed by atoms with van der Waals surface area (Å²) in [5.74, 6) is 0. The zero-order valence-corrected chi connectivity index (χ0v) is 55.3. The van der Waals surface area contributed by atoms with Crippen molar-refractivity contribution in [1.82, 2.24) is 4.57 Å². The molecule has 0 saturated heterocycles. The summed E-state index contributed by atoms with van der Waals surface area (Å²) >= 11 is 0. The van der Waals surface area contributed by atoms with Crippen molar-refractivity contribution in [3.8, 4) is 5.69 Å². The van der Waals surface area contributed by atoms with Crippen LogP contribution in [0.2, 0.25) is 0 Å². The zero-order valence-electron chi connectivity index (χ0n) is 55.3. The SMILES string of the molecule is O=c1c2cc3c(cc2n(-c2ccccc2)c2cc4c(cc12)B1c2ccccc2N2c5ccccc5B5c6ccccc6N(c6ccccc6)c6cc(c1c2c65)N4c1ccccc1)N(c1ccccc1)c1cc(N(c2ccccc2)c2ccccc2)cc2c1B3c1ccccc1N2c1ccccc1. The van der Waals surface area contributed by atoms with Gasteiger partial charge in [0.2, 0.25) is 0 Å². The molecule has 0 amide bonds. The predicted octanol–water partition coefficient (Wildman–Crippen LogP) is 16.4. The lowest BCUT2D eigenvalue weighted by Crippen LogP contribution is -2.68. The first-order valence-electron chi connectivity index (χ1n) is 35.2. The summed E-state index contributed by atoms with van der Waals surface area (Å²) in [4.78, 5) is 32.1. The van der Waals surface area contributed by atoms with E-state index in [2.05, 4.69) is 386 Å². The molecule has 102 heavy (non-hydrogen) atoms. The maximum atomic E-state index is 17.2. The fourth-order valence-corrected chi connectivity index (χ4v) is 18.2. The molecule has 16 aromatic rings. The molecule has 0 N–H and O–H groups in total. The van der Waals surface area contributed by atoms with Crippen molar-refractivity contribution >= 4 is 193 Å². The maximum Gasteiger partial charge on any atom is 0.252 e. The Bertz CT molecular complexity index is 6180. The Hall–Kier alpha value is -13.2. The molecular formula is C91H58B3N7O. The van der Waals surface area contributed by atoms with E-state index in [0.717, 1.165) is 130 Å². The minimum absolute atomic E-state index is 0.0135. The van der Waals surface area contributed by atoms with Gasteiger partial charge in [0.1, 0.15) is 0 Å². The van der Waals surface area contributed by atoms with Crippen molar-refractivity contribution in [2.24, 2.45) is 0 Å². The van der Waals surface area contributed by atoms with Crippen molar-refractivity contribution in [2.75, 3.05) is 29.4 Å². The van der Waals surface area contributed by atoms with Crippen LogP contribution >= 0.6 is 0 Å². The number of hydrogen-bond donors (Lipinski definition) is 0. The van der Waals surface area contributed by atoms with Gasteiger partial charge < -0.3 is 34.0 Å². The monoisotopic (exact) mass is 1300 g/mol. The van der Waals surface area contributed by atoms with Gasteiger partial charge in [-0.25, -0.2) is 0 Å². The van der Waals surface area contributed by atoms with Gasteiger partial charge in [-0.05, 0) is 189 Å². The third-order valence-electron chi connectivity index (χ3n) is 22.2. The average molecular weight is 1300 g/mol. The lowest BCUT2D eigenvalue weighted by Gasteiger charge is -2.51. The second-order valence-corrected chi connectivity index (χ2v) is 27.4. The van der Waals surface area contributed by atoms with Gasteiger partial charge in [-0.2, -0.15) is 0 Å². The van der Waals surface area contributed by atoms with Crippen LogP contribution in [0.4, 0.5) is 102 Å². The Balaban J connectivity index is 0.855. The molecule has 6 aliphatic heterocycles. The van der Waals surface area contributed by atoms with Crippen LogP contribution in [0.25, 0.3) is 27.5 Å². The van der Waals surface area contributed by atoms with Gasteiger partial charge in [-0.1, -0.05) is 212 Å². The van der Waals surface area contributed by atoms with Gasteiger partial charge in [0.25, 0.3) is 20.1 Å². The number of para-hydroxylation sites is 11. The number of anilines is 18. The van der Waals surface area contributed by atoms with E-state index in [1.165, 1.54) is 38.7 Å². The minimum atomic E-state index is -0.287. The van der Waals surface area contributed by atoms with E-state index < -0.39 is 0 Å². The molecule has 7 heterocycles. The van der Waals surface area contributed by atoms with Gasteiger partial charge in [0.15, 0.2) is 5.43 Å². The van der Waals surface area contributed by atoms with Crippen LogP contribution in [0, 0.1) is 0 Å². The van der Waals surface area contributed by atoms with E-state index in [4.69, 9.17) is 0 Å². The highest BCUT2D eigenvalue weighted by molar-refractivity contribution is 7.05. The molecule has 0 unspecified atom stereocenters. The molecule has 1 aromatic heterocycles. The molecule has 0 spiro atoms. The van der Waals surface area contributed by atoms with Gasteiger partial charge in [0.05, 0.1) is 16.7 Å². The smallest absolute Gasteiger partial charge is 0.252 e. The summed E-state index contributed by atoms with van der Waals surface area (Å²) in [6, 6.07) is 128. The topological polar surface area (TPSA) is 41.4 Å². The summed E-state index contributed by atoms with van der Waals surface area (Å²) in [7, 11) is 0. The fraction of sp³-hybridized carbons (Fsp3) is 0. The Labute approximate surface area is 591 Å². The van der Waals surface area contributed by atoms with E-state index in [1.807, 2.05) is 0 Å². The Morgan fingerprint density at radius 2 is 0.520 bits per heavy atom. The molecule has 0 radical (unpaired) electrons. The quantitative estimate of drug-likeness (QED) is 0.111. The van der Waals surface area contributed by atoms with Gasteiger partial charge >= 0.3 is 0 Å². The van der Waals surface area contributed by atoms with E-state index in [1.54, 1.807) is 0 Å². The summed E-state index contributed by atoms with van der Waals surface area (Å²) in [5.41, 5.74) is 32.7. The fourth-order valence-electron chi connectivity index (χ4n) is 18.2. The van der Waals surface area contributed by atoms with Crippen LogP contribution in [0.15, 0.2) is 357 Å². The highest BCUT2D eigenvalue weighted by Gasteiger charge is 2.52. The second-order valence-electron chi connectivity index (χ2n) is 27.4. The van der Waals surface area contributed by atoms with Crippen molar-refractivity contribution < 1.29 is 0 Å². The standard InChI is InChI=1S/C91H58B3N7O/c102-91-67-54-73-81(99(64-40-18-6-19-41-64)84-53-66(95(59-30-8-1-9-31-59)60-32-10-2-11-33-60)52-83-87(84)93(73)70-45-23-27-49-76(70)96(83)61-34-12-3-13-35-61)56-79(67)98(63-38-16-5-17-39-63)80-57-82-74(55-68(80)91)94-72-47-25-29-51-78(72)101-77-50-28-24-46-71(77)92-69-44-22-26-48-75(69)97(62-36-14-4-15-37-62)85-58-86(89(94)90(101)88(85)92)100(82)65-42-20-7-21-43-65/h1-58H. The molecule has 0 atom stereocenters. The molecule has 472 valence electrons. The van der Waals surface area contributed by atoms with Crippen LogP contribution in [0.5, 0.6) is 0 Å². The number of benzene rings is 15. The van der Waals surface area contributed by atoms with E-state index in [-0.39, 0.29) is 25.6 Å². The molecule has 22 rings (SSSR count). The van der Waals surface area contributed by atoms with Crippen molar-refractivity contribution in [1.29, 1.82) is 0 Å². The third-order valence-corrected chi connectivity index (χ3v) is 22.2. The van der Waals surface area contributed by atoms with Gasteiger partial charge in [0, 0.05) is 113 Å². The van der Waals surface area contributed by atoms with Crippen molar-refractivity contribution in [3.05, 3.63) is 362 Å². The highest BCUT2D eigenvalue weighted by atomic mass is 16.1.